The van der Waals surface area contributed by atoms with Crippen molar-refractivity contribution >= 4 is 32.4 Å². The first kappa shape index (κ1) is 19.4. The topological polar surface area (TPSA) is 66.9 Å². The van der Waals surface area contributed by atoms with Crippen molar-refractivity contribution in [3.05, 3.63) is 66.2 Å². The SMILES string of the molecule is CN(C)S(=O)(=O)c1ccc2c(c1)CCN2C(=O)COc1ccc2ccccc2c1. The van der Waals surface area contributed by atoms with Gasteiger partial charge in [-0.25, -0.2) is 12.7 Å². The van der Waals surface area contributed by atoms with Gasteiger partial charge in [0.05, 0.1) is 4.90 Å². The Balaban J connectivity index is 1.48. The van der Waals surface area contributed by atoms with Gasteiger partial charge in [0.2, 0.25) is 10.0 Å². The van der Waals surface area contributed by atoms with Gasteiger partial charge >= 0.3 is 0 Å². The number of sulfonamides is 1. The van der Waals surface area contributed by atoms with Gasteiger partial charge in [0.25, 0.3) is 5.91 Å². The maximum Gasteiger partial charge on any atom is 0.264 e. The summed E-state index contributed by atoms with van der Waals surface area (Å²) in [7, 11) is -0.490. The van der Waals surface area contributed by atoms with Gasteiger partial charge in [-0.15, -0.1) is 0 Å². The summed E-state index contributed by atoms with van der Waals surface area (Å²) in [6.45, 7) is 0.441. The molecule has 0 spiro atoms. The molecule has 0 aromatic heterocycles. The number of amides is 1. The predicted molar refractivity (Wildman–Crippen MR) is 113 cm³/mol. The molecule has 0 bridgehead atoms. The van der Waals surface area contributed by atoms with Crippen LogP contribution in [0.25, 0.3) is 10.8 Å². The fourth-order valence-electron chi connectivity index (χ4n) is 3.49. The van der Waals surface area contributed by atoms with Crippen LogP contribution in [0.1, 0.15) is 5.56 Å². The predicted octanol–water partition coefficient (Wildman–Crippen LogP) is 3.06. The first-order valence-corrected chi connectivity index (χ1v) is 10.8. The lowest BCUT2D eigenvalue weighted by Crippen LogP contribution is -2.33. The lowest BCUT2D eigenvalue weighted by atomic mass is 10.1. The molecule has 0 aliphatic carbocycles. The maximum absolute atomic E-state index is 12.7. The average Bonchev–Trinajstić information content (AvgIpc) is 3.15. The molecule has 1 aliphatic rings. The summed E-state index contributed by atoms with van der Waals surface area (Å²) in [5.41, 5.74) is 1.60. The van der Waals surface area contributed by atoms with E-state index in [9.17, 15) is 13.2 Å². The monoisotopic (exact) mass is 410 g/mol. The van der Waals surface area contributed by atoms with E-state index in [2.05, 4.69) is 0 Å². The molecule has 0 fully saturated rings. The summed E-state index contributed by atoms with van der Waals surface area (Å²) in [5, 5.41) is 2.17. The smallest absolute Gasteiger partial charge is 0.264 e. The zero-order chi connectivity index (χ0) is 20.6. The Morgan fingerprint density at radius 2 is 1.79 bits per heavy atom. The second-order valence-corrected chi connectivity index (χ2v) is 9.32. The molecule has 0 N–H and O–H groups in total. The minimum atomic E-state index is -3.50. The number of hydrogen-bond acceptors (Lipinski definition) is 4. The van der Waals surface area contributed by atoms with Crippen molar-refractivity contribution in [3.63, 3.8) is 0 Å². The van der Waals surface area contributed by atoms with E-state index in [4.69, 9.17) is 4.74 Å². The Labute approximate surface area is 170 Å². The second kappa shape index (κ2) is 7.50. The molecule has 4 rings (SSSR count). The highest BCUT2D eigenvalue weighted by atomic mass is 32.2. The summed E-state index contributed by atoms with van der Waals surface area (Å²) in [6.07, 6.45) is 0.619. The number of fused-ring (bicyclic) bond motifs is 2. The zero-order valence-corrected chi connectivity index (χ0v) is 17.1. The highest BCUT2D eigenvalue weighted by Crippen LogP contribution is 2.31. The molecule has 0 saturated heterocycles. The largest absolute Gasteiger partial charge is 0.484 e. The van der Waals surface area contributed by atoms with Crippen LogP contribution >= 0.6 is 0 Å². The number of carbonyl (C=O) groups excluding carboxylic acids is 1. The van der Waals surface area contributed by atoms with Crippen molar-refractivity contribution in [1.29, 1.82) is 0 Å². The fourth-order valence-corrected chi connectivity index (χ4v) is 4.44. The van der Waals surface area contributed by atoms with Crippen LogP contribution in [0.3, 0.4) is 0 Å². The molecule has 7 heteroatoms. The number of nitrogens with zero attached hydrogens (tertiary/aromatic N) is 2. The Kier molecular flexibility index (Phi) is 5.02. The van der Waals surface area contributed by atoms with E-state index in [-0.39, 0.29) is 17.4 Å². The first-order chi connectivity index (χ1) is 13.9. The third-order valence-electron chi connectivity index (χ3n) is 5.11. The zero-order valence-electron chi connectivity index (χ0n) is 16.3. The Morgan fingerprint density at radius 3 is 2.55 bits per heavy atom. The van der Waals surface area contributed by atoms with E-state index in [1.54, 1.807) is 23.1 Å². The van der Waals surface area contributed by atoms with Gasteiger partial charge in [-0.3, -0.25) is 4.79 Å². The van der Waals surface area contributed by atoms with Gasteiger partial charge in [-0.1, -0.05) is 30.3 Å². The number of benzene rings is 3. The molecular formula is C22H22N2O4S. The second-order valence-electron chi connectivity index (χ2n) is 7.17. The van der Waals surface area contributed by atoms with E-state index < -0.39 is 10.0 Å². The number of carbonyl (C=O) groups is 1. The van der Waals surface area contributed by atoms with Crippen molar-refractivity contribution in [2.24, 2.45) is 0 Å². The van der Waals surface area contributed by atoms with E-state index in [1.807, 2.05) is 42.5 Å². The lowest BCUT2D eigenvalue weighted by Gasteiger charge is -2.18. The van der Waals surface area contributed by atoms with Crippen molar-refractivity contribution in [3.8, 4) is 5.75 Å². The van der Waals surface area contributed by atoms with Crippen LogP contribution in [-0.2, 0) is 21.2 Å². The summed E-state index contributed by atoms with van der Waals surface area (Å²) in [4.78, 5) is 14.6. The molecule has 6 nitrogen and oxygen atoms in total. The van der Waals surface area contributed by atoms with Crippen molar-refractivity contribution in [1.82, 2.24) is 4.31 Å². The highest BCUT2D eigenvalue weighted by molar-refractivity contribution is 7.89. The molecule has 29 heavy (non-hydrogen) atoms. The van der Waals surface area contributed by atoms with Crippen LogP contribution in [-0.4, -0.2) is 45.9 Å². The Morgan fingerprint density at radius 1 is 1.03 bits per heavy atom. The Bertz CT molecular complexity index is 1190. The molecule has 150 valence electrons. The molecule has 0 radical (unpaired) electrons. The quantitative estimate of drug-likeness (QED) is 0.648. The van der Waals surface area contributed by atoms with Crippen molar-refractivity contribution in [2.75, 3.05) is 32.1 Å². The van der Waals surface area contributed by atoms with Gasteiger partial charge in [0.1, 0.15) is 5.75 Å². The molecule has 0 atom stereocenters. The molecule has 1 aliphatic heterocycles. The van der Waals surface area contributed by atoms with Gasteiger partial charge < -0.3 is 9.64 Å². The van der Waals surface area contributed by atoms with Gasteiger partial charge in [-0.05, 0) is 53.1 Å². The number of anilines is 1. The third kappa shape index (κ3) is 3.71. The highest BCUT2D eigenvalue weighted by Gasteiger charge is 2.27. The normalized spacial score (nSPS) is 13.7. The van der Waals surface area contributed by atoms with Crippen molar-refractivity contribution < 1.29 is 17.9 Å². The van der Waals surface area contributed by atoms with Crippen LogP contribution in [0.2, 0.25) is 0 Å². The van der Waals surface area contributed by atoms with Crippen LogP contribution in [0, 0.1) is 0 Å². The Hall–Kier alpha value is -2.90. The van der Waals surface area contributed by atoms with Crippen LogP contribution < -0.4 is 9.64 Å². The number of hydrogen-bond donors (Lipinski definition) is 0. The van der Waals surface area contributed by atoms with Gasteiger partial charge in [-0.2, -0.15) is 0 Å². The van der Waals surface area contributed by atoms with E-state index in [0.717, 1.165) is 22.0 Å². The minimum absolute atomic E-state index is 0.0739. The van der Waals surface area contributed by atoms with Crippen LogP contribution in [0.15, 0.2) is 65.6 Å². The summed E-state index contributed by atoms with van der Waals surface area (Å²) >= 11 is 0. The van der Waals surface area contributed by atoms with Crippen LogP contribution in [0.4, 0.5) is 5.69 Å². The van der Waals surface area contributed by atoms with Crippen molar-refractivity contribution in [2.45, 2.75) is 11.3 Å². The molecular weight excluding hydrogens is 388 g/mol. The molecule has 3 aromatic carbocycles. The standard InChI is InChI=1S/C22H22N2O4S/c1-23(2)29(26,27)20-9-10-21-18(14-20)11-12-24(21)22(25)15-28-19-8-7-16-5-3-4-6-17(16)13-19/h3-10,13-14H,11-12,15H2,1-2H3. The molecule has 0 unspecified atom stereocenters. The maximum atomic E-state index is 12.7. The summed E-state index contributed by atoms with van der Waals surface area (Å²) in [6, 6.07) is 18.6. The van der Waals surface area contributed by atoms with Crippen LogP contribution in [0.5, 0.6) is 5.75 Å². The molecule has 3 aromatic rings. The minimum Gasteiger partial charge on any atom is -0.484 e. The fraction of sp³-hybridized carbons (Fsp3) is 0.227. The first-order valence-electron chi connectivity index (χ1n) is 9.34. The summed E-state index contributed by atoms with van der Waals surface area (Å²) in [5.74, 6) is 0.490. The summed E-state index contributed by atoms with van der Waals surface area (Å²) < 4.78 is 31.6. The average molecular weight is 410 g/mol. The molecule has 1 heterocycles. The number of rotatable bonds is 5. The molecule has 1 amide bonds. The van der Waals surface area contributed by atoms with E-state index >= 15 is 0 Å². The third-order valence-corrected chi connectivity index (χ3v) is 6.92. The van der Waals surface area contributed by atoms with Gasteiger partial charge in [0, 0.05) is 26.3 Å². The van der Waals surface area contributed by atoms with E-state index in [1.165, 1.54) is 18.4 Å². The van der Waals surface area contributed by atoms with Gasteiger partial charge in [0.15, 0.2) is 6.61 Å². The number of ether oxygens (including phenoxy) is 1. The molecule has 0 saturated carbocycles. The van der Waals surface area contributed by atoms with E-state index in [0.29, 0.717) is 18.7 Å². The lowest BCUT2D eigenvalue weighted by molar-refractivity contribution is -0.120.